The summed E-state index contributed by atoms with van der Waals surface area (Å²) < 4.78 is 27.6. The van der Waals surface area contributed by atoms with Crippen LogP contribution in [-0.2, 0) is 10.0 Å². The topological polar surface area (TPSA) is 46.2 Å². The number of halogens is 1. The van der Waals surface area contributed by atoms with Gasteiger partial charge in [-0.15, -0.1) is 0 Å². The average Bonchev–Trinajstić information content (AvgIpc) is 2.68. The molecule has 0 aliphatic heterocycles. The molecule has 2 rings (SSSR count). The van der Waals surface area contributed by atoms with Gasteiger partial charge in [0.25, 0.3) is 0 Å². The molecule has 1 aromatic carbocycles. The summed E-state index contributed by atoms with van der Waals surface area (Å²) in [7, 11) is -3.43. The molecular formula is C12H14BrNO2S. The fraction of sp³-hybridized carbons (Fsp3) is 0.333. The molecule has 0 aromatic heterocycles. The third kappa shape index (κ3) is 2.97. The number of hydrogen-bond acceptors (Lipinski definition) is 2. The van der Waals surface area contributed by atoms with E-state index in [-0.39, 0.29) is 6.04 Å². The lowest BCUT2D eigenvalue weighted by Gasteiger charge is -2.13. The molecule has 0 radical (unpaired) electrons. The maximum atomic E-state index is 12.2. The zero-order valence-corrected chi connectivity index (χ0v) is 11.9. The Bertz CT molecular complexity index is 544. The number of nitrogens with one attached hydrogen (secondary N) is 1. The van der Waals surface area contributed by atoms with Gasteiger partial charge >= 0.3 is 0 Å². The number of aryl methyl sites for hydroxylation is 1. The van der Waals surface area contributed by atoms with Crippen molar-refractivity contribution in [1.82, 2.24) is 4.72 Å². The number of rotatable bonds is 3. The van der Waals surface area contributed by atoms with E-state index in [0.29, 0.717) is 9.37 Å². The Morgan fingerprint density at radius 2 is 1.94 bits per heavy atom. The number of benzene rings is 1. The lowest BCUT2D eigenvalue weighted by atomic mass is 10.2. The summed E-state index contributed by atoms with van der Waals surface area (Å²) in [5.41, 5.74) is 1.03. The molecule has 0 fully saturated rings. The first-order valence-corrected chi connectivity index (χ1v) is 7.70. The summed E-state index contributed by atoms with van der Waals surface area (Å²) >= 11 is 3.30. The first-order valence-electron chi connectivity index (χ1n) is 5.42. The highest BCUT2D eigenvalue weighted by molar-refractivity contribution is 9.10. The van der Waals surface area contributed by atoms with Crippen LogP contribution in [0.3, 0.4) is 0 Å². The van der Waals surface area contributed by atoms with Crippen molar-refractivity contribution in [2.24, 2.45) is 0 Å². The molecule has 1 aliphatic rings. The summed E-state index contributed by atoms with van der Waals surface area (Å²) in [6.45, 7) is 1.93. The molecule has 0 bridgehead atoms. The lowest BCUT2D eigenvalue weighted by Crippen LogP contribution is -2.33. The van der Waals surface area contributed by atoms with Crippen molar-refractivity contribution in [2.75, 3.05) is 0 Å². The summed E-state index contributed by atoms with van der Waals surface area (Å²) in [4.78, 5) is 0.301. The second-order valence-corrected chi connectivity index (χ2v) is 6.73. The molecular weight excluding hydrogens is 302 g/mol. The molecule has 0 saturated heterocycles. The summed E-state index contributed by atoms with van der Waals surface area (Å²) in [5, 5.41) is 0. The van der Waals surface area contributed by atoms with Gasteiger partial charge in [-0.3, -0.25) is 0 Å². The SMILES string of the molecule is Cc1ccc(S(=O)(=O)NC2CC=CC2)c(Br)c1. The van der Waals surface area contributed by atoms with Gasteiger partial charge in [-0.05, 0) is 53.4 Å². The third-order valence-corrected chi connectivity index (χ3v) is 5.20. The largest absolute Gasteiger partial charge is 0.241 e. The molecule has 0 atom stereocenters. The molecule has 17 heavy (non-hydrogen) atoms. The first kappa shape index (κ1) is 12.8. The Hall–Kier alpha value is -0.650. The number of hydrogen-bond donors (Lipinski definition) is 1. The third-order valence-electron chi connectivity index (χ3n) is 2.71. The van der Waals surface area contributed by atoms with Gasteiger partial charge in [0.05, 0.1) is 4.90 Å². The second kappa shape index (κ2) is 4.92. The summed E-state index contributed by atoms with van der Waals surface area (Å²) in [5.74, 6) is 0. The monoisotopic (exact) mass is 315 g/mol. The van der Waals surface area contributed by atoms with Crippen LogP contribution in [0.2, 0.25) is 0 Å². The molecule has 1 N–H and O–H groups in total. The Labute approximate surface area is 110 Å². The van der Waals surface area contributed by atoms with Crippen LogP contribution in [-0.4, -0.2) is 14.5 Å². The molecule has 0 heterocycles. The van der Waals surface area contributed by atoms with Crippen LogP contribution in [0.4, 0.5) is 0 Å². The van der Waals surface area contributed by atoms with Crippen LogP contribution in [0.5, 0.6) is 0 Å². The molecule has 3 nitrogen and oxygen atoms in total. The van der Waals surface area contributed by atoms with E-state index in [4.69, 9.17) is 0 Å². The van der Waals surface area contributed by atoms with E-state index < -0.39 is 10.0 Å². The lowest BCUT2D eigenvalue weighted by molar-refractivity contribution is 0.557. The fourth-order valence-electron chi connectivity index (χ4n) is 1.82. The minimum Gasteiger partial charge on any atom is -0.207 e. The van der Waals surface area contributed by atoms with Gasteiger partial charge in [0, 0.05) is 10.5 Å². The standard InChI is InChI=1S/C12H14BrNO2S/c1-9-6-7-12(11(13)8-9)17(15,16)14-10-4-2-3-5-10/h2-3,6-8,10,14H,4-5H2,1H3. The Morgan fingerprint density at radius 3 is 2.53 bits per heavy atom. The average molecular weight is 316 g/mol. The molecule has 1 aliphatic carbocycles. The van der Waals surface area contributed by atoms with E-state index in [1.54, 1.807) is 12.1 Å². The van der Waals surface area contributed by atoms with Crippen molar-refractivity contribution in [3.05, 3.63) is 40.4 Å². The van der Waals surface area contributed by atoms with Gasteiger partial charge < -0.3 is 0 Å². The van der Waals surface area contributed by atoms with E-state index in [1.807, 2.05) is 25.1 Å². The van der Waals surface area contributed by atoms with E-state index in [2.05, 4.69) is 20.7 Å². The molecule has 5 heteroatoms. The fourth-order valence-corrected chi connectivity index (χ4v) is 4.27. The van der Waals surface area contributed by atoms with E-state index in [0.717, 1.165) is 18.4 Å². The highest BCUT2D eigenvalue weighted by Crippen LogP contribution is 2.24. The quantitative estimate of drug-likeness (QED) is 0.872. The van der Waals surface area contributed by atoms with Crippen LogP contribution < -0.4 is 4.72 Å². The van der Waals surface area contributed by atoms with Crippen molar-refractivity contribution in [3.63, 3.8) is 0 Å². The van der Waals surface area contributed by atoms with E-state index >= 15 is 0 Å². The minimum atomic E-state index is -3.43. The predicted molar refractivity (Wildman–Crippen MR) is 71.4 cm³/mol. The molecule has 0 amide bonds. The van der Waals surface area contributed by atoms with Gasteiger partial charge in [-0.1, -0.05) is 18.2 Å². The van der Waals surface area contributed by atoms with Gasteiger partial charge in [-0.25, -0.2) is 13.1 Å². The molecule has 0 unspecified atom stereocenters. The Morgan fingerprint density at radius 1 is 1.29 bits per heavy atom. The predicted octanol–water partition coefficient (Wildman–Crippen LogP) is 2.75. The van der Waals surface area contributed by atoms with E-state index in [1.165, 1.54) is 0 Å². The first-order chi connectivity index (χ1) is 7.99. The van der Waals surface area contributed by atoms with Gasteiger partial charge in [0.2, 0.25) is 10.0 Å². The molecule has 92 valence electrons. The van der Waals surface area contributed by atoms with Crippen LogP contribution >= 0.6 is 15.9 Å². The highest BCUT2D eigenvalue weighted by atomic mass is 79.9. The van der Waals surface area contributed by atoms with Crippen molar-refractivity contribution in [1.29, 1.82) is 0 Å². The van der Waals surface area contributed by atoms with Gasteiger partial charge in [0.1, 0.15) is 0 Å². The van der Waals surface area contributed by atoms with Crippen LogP contribution in [0.25, 0.3) is 0 Å². The number of sulfonamides is 1. The zero-order valence-electron chi connectivity index (χ0n) is 9.48. The maximum absolute atomic E-state index is 12.2. The zero-order chi connectivity index (χ0) is 12.5. The Kier molecular flexibility index (Phi) is 3.70. The maximum Gasteiger partial charge on any atom is 0.241 e. The van der Waals surface area contributed by atoms with E-state index in [9.17, 15) is 8.42 Å². The summed E-state index contributed by atoms with van der Waals surface area (Å²) in [6, 6.07) is 5.23. The van der Waals surface area contributed by atoms with Crippen molar-refractivity contribution in [2.45, 2.75) is 30.7 Å². The molecule has 1 aromatic rings. The minimum absolute atomic E-state index is 0.00629. The Balaban J connectivity index is 2.25. The van der Waals surface area contributed by atoms with Gasteiger partial charge in [-0.2, -0.15) is 0 Å². The van der Waals surface area contributed by atoms with Crippen LogP contribution in [0, 0.1) is 6.92 Å². The van der Waals surface area contributed by atoms with Crippen molar-refractivity contribution < 1.29 is 8.42 Å². The van der Waals surface area contributed by atoms with Crippen molar-refractivity contribution in [3.8, 4) is 0 Å². The van der Waals surface area contributed by atoms with Crippen molar-refractivity contribution >= 4 is 26.0 Å². The molecule has 0 spiro atoms. The van der Waals surface area contributed by atoms with Crippen LogP contribution in [0.15, 0.2) is 39.7 Å². The molecule has 0 saturated carbocycles. The summed E-state index contributed by atoms with van der Waals surface area (Å²) in [6.07, 6.45) is 5.53. The van der Waals surface area contributed by atoms with Crippen LogP contribution in [0.1, 0.15) is 18.4 Å². The van der Waals surface area contributed by atoms with Gasteiger partial charge in [0.15, 0.2) is 0 Å². The highest BCUT2D eigenvalue weighted by Gasteiger charge is 2.22. The normalized spacial score (nSPS) is 16.6. The second-order valence-electron chi connectivity index (χ2n) is 4.19. The smallest absolute Gasteiger partial charge is 0.207 e.